The van der Waals surface area contributed by atoms with Crippen LogP contribution in [-0.2, 0) is 6.54 Å². The van der Waals surface area contributed by atoms with Crippen molar-refractivity contribution in [1.29, 1.82) is 0 Å². The number of halogens is 2. The molecule has 0 heterocycles. The lowest BCUT2D eigenvalue weighted by Crippen LogP contribution is -2.18. The summed E-state index contributed by atoms with van der Waals surface area (Å²) >= 11 is 12.2. The number of benzene rings is 1. The van der Waals surface area contributed by atoms with E-state index >= 15 is 0 Å². The summed E-state index contributed by atoms with van der Waals surface area (Å²) in [6.45, 7) is 2.87. The van der Waals surface area contributed by atoms with Gasteiger partial charge in [-0.05, 0) is 52.2 Å². The van der Waals surface area contributed by atoms with Crippen molar-refractivity contribution in [2.45, 2.75) is 19.4 Å². The SMILES string of the molecule is CN(C)CCCCNCc1c(Cl)cccc1Cl. The van der Waals surface area contributed by atoms with Gasteiger partial charge in [-0.15, -0.1) is 0 Å². The summed E-state index contributed by atoms with van der Waals surface area (Å²) in [5.41, 5.74) is 0.989. The standard InChI is InChI=1S/C13H20Cl2N2/c1-17(2)9-4-3-8-16-10-11-12(14)6-5-7-13(11)15/h5-7,16H,3-4,8-10H2,1-2H3. The van der Waals surface area contributed by atoms with Gasteiger partial charge in [0.2, 0.25) is 0 Å². The van der Waals surface area contributed by atoms with Gasteiger partial charge in [0.15, 0.2) is 0 Å². The Balaban J connectivity index is 2.22. The first kappa shape index (κ1) is 14.8. The van der Waals surface area contributed by atoms with E-state index in [1.165, 1.54) is 12.8 Å². The van der Waals surface area contributed by atoms with Crippen LogP contribution < -0.4 is 5.32 Å². The van der Waals surface area contributed by atoms with Gasteiger partial charge in [-0.3, -0.25) is 0 Å². The van der Waals surface area contributed by atoms with E-state index in [1.807, 2.05) is 18.2 Å². The number of nitrogens with one attached hydrogen (secondary N) is 1. The molecule has 1 N–H and O–H groups in total. The van der Waals surface area contributed by atoms with Crippen molar-refractivity contribution >= 4 is 23.2 Å². The molecule has 2 nitrogen and oxygen atoms in total. The van der Waals surface area contributed by atoms with Crippen molar-refractivity contribution in [3.63, 3.8) is 0 Å². The highest BCUT2D eigenvalue weighted by Gasteiger charge is 2.03. The van der Waals surface area contributed by atoms with Crippen molar-refractivity contribution in [3.05, 3.63) is 33.8 Å². The van der Waals surface area contributed by atoms with Crippen LogP contribution in [0.25, 0.3) is 0 Å². The summed E-state index contributed by atoms with van der Waals surface area (Å²) in [5.74, 6) is 0. The minimum Gasteiger partial charge on any atom is -0.313 e. The molecule has 0 spiro atoms. The molecule has 96 valence electrons. The Bertz CT molecular complexity index is 320. The zero-order chi connectivity index (χ0) is 12.7. The topological polar surface area (TPSA) is 15.3 Å². The molecule has 1 aromatic carbocycles. The molecule has 4 heteroatoms. The number of rotatable bonds is 7. The van der Waals surface area contributed by atoms with E-state index < -0.39 is 0 Å². The second-order valence-corrected chi connectivity index (χ2v) is 5.20. The molecule has 0 bridgehead atoms. The van der Waals surface area contributed by atoms with Crippen molar-refractivity contribution in [2.75, 3.05) is 27.2 Å². The van der Waals surface area contributed by atoms with Crippen molar-refractivity contribution < 1.29 is 0 Å². The van der Waals surface area contributed by atoms with Crippen LogP contribution in [0.4, 0.5) is 0 Å². The maximum Gasteiger partial charge on any atom is 0.0465 e. The molecule has 0 saturated heterocycles. The molecule has 17 heavy (non-hydrogen) atoms. The van der Waals surface area contributed by atoms with Gasteiger partial charge in [0.1, 0.15) is 0 Å². The van der Waals surface area contributed by atoms with Crippen LogP contribution >= 0.6 is 23.2 Å². The van der Waals surface area contributed by atoms with Crippen LogP contribution in [0.15, 0.2) is 18.2 Å². The quantitative estimate of drug-likeness (QED) is 0.767. The van der Waals surface area contributed by atoms with Crippen molar-refractivity contribution in [1.82, 2.24) is 10.2 Å². The smallest absolute Gasteiger partial charge is 0.0465 e. The van der Waals surface area contributed by atoms with E-state index in [1.54, 1.807) is 0 Å². The fraction of sp³-hybridized carbons (Fsp3) is 0.538. The molecule has 0 atom stereocenters. The second kappa shape index (κ2) is 7.93. The molecule has 0 aliphatic rings. The molecule has 0 saturated carbocycles. The third-order valence-electron chi connectivity index (χ3n) is 2.57. The summed E-state index contributed by atoms with van der Waals surface area (Å²) < 4.78 is 0. The molecule has 0 unspecified atom stereocenters. The third kappa shape index (κ3) is 5.73. The van der Waals surface area contributed by atoms with Gasteiger partial charge < -0.3 is 10.2 Å². The Labute approximate surface area is 114 Å². The van der Waals surface area contributed by atoms with Gasteiger partial charge in [0, 0.05) is 22.2 Å². The highest BCUT2D eigenvalue weighted by atomic mass is 35.5. The number of unbranched alkanes of at least 4 members (excludes halogenated alkanes) is 1. The van der Waals surface area contributed by atoms with Crippen LogP contribution in [0.5, 0.6) is 0 Å². The summed E-state index contributed by atoms with van der Waals surface area (Å²) in [5, 5.41) is 4.84. The molecular formula is C13H20Cl2N2. The van der Waals surface area contributed by atoms with Gasteiger partial charge in [0.25, 0.3) is 0 Å². The summed E-state index contributed by atoms with van der Waals surface area (Å²) in [6, 6.07) is 5.61. The average Bonchev–Trinajstić information content (AvgIpc) is 2.26. The number of hydrogen-bond donors (Lipinski definition) is 1. The highest BCUT2D eigenvalue weighted by Crippen LogP contribution is 2.23. The zero-order valence-electron chi connectivity index (χ0n) is 10.5. The van der Waals surface area contributed by atoms with Gasteiger partial charge in [-0.1, -0.05) is 29.3 Å². The predicted octanol–water partition coefficient (Wildman–Crippen LogP) is 3.42. The Hall–Kier alpha value is -0.280. The fourth-order valence-electron chi connectivity index (χ4n) is 1.59. The molecule has 0 aliphatic heterocycles. The highest BCUT2D eigenvalue weighted by molar-refractivity contribution is 6.35. The van der Waals surface area contributed by atoms with Gasteiger partial charge >= 0.3 is 0 Å². The molecule has 0 aliphatic carbocycles. The third-order valence-corrected chi connectivity index (χ3v) is 3.28. The van der Waals surface area contributed by atoms with Crippen molar-refractivity contribution in [3.8, 4) is 0 Å². The van der Waals surface area contributed by atoms with E-state index in [-0.39, 0.29) is 0 Å². The molecule has 0 aromatic heterocycles. The van der Waals surface area contributed by atoms with Crippen LogP contribution in [0.1, 0.15) is 18.4 Å². The van der Waals surface area contributed by atoms with E-state index in [2.05, 4.69) is 24.3 Å². The Morgan fingerprint density at radius 2 is 1.76 bits per heavy atom. The maximum absolute atomic E-state index is 6.08. The van der Waals surface area contributed by atoms with Crippen LogP contribution in [-0.4, -0.2) is 32.1 Å². The molecule has 0 radical (unpaired) electrons. The molecular weight excluding hydrogens is 255 g/mol. The van der Waals surface area contributed by atoms with E-state index in [9.17, 15) is 0 Å². The van der Waals surface area contributed by atoms with E-state index in [0.29, 0.717) is 0 Å². The second-order valence-electron chi connectivity index (χ2n) is 4.39. The number of hydrogen-bond acceptors (Lipinski definition) is 2. The summed E-state index contributed by atoms with van der Waals surface area (Å²) in [6.07, 6.45) is 2.37. The zero-order valence-corrected chi connectivity index (χ0v) is 12.0. The van der Waals surface area contributed by atoms with Crippen molar-refractivity contribution in [2.24, 2.45) is 0 Å². The first-order valence-corrected chi connectivity index (χ1v) is 6.65. The molecule has 0 amide bonds. The molecule has 0 fully saturated rings. The van der Waals surface area contributed by atoms with Gasteiger partial charge in [-0.25, -0.2) is 0 Å². The lowest BCUT2D eigenvalue weighted by atomic mass is 10.2. The lowest BCUT2D eigenvalue weighted by molar-refractivity contribution is 0.391. The Kier molecular flexibility index (Phi) is 6.90. The van der Waals surface area contributed by atoms with Gasteiger partial charge in [0.05, 0.1) is 0 Å². The first-order chi connectivity index (χ1) is 8.11. The van der Waals surface area contributed by atoms with E-state index in [4.69, 9.17) is 23.2 Å². The largest absolute Gasteiger partial charge is 0.313 e. The minimum atomic E-state index is 0.735. The minimum absolute atomic E-state index is 0.735. The first-order valence-electron chi connectivity index (χ1n) is 5.89. The normalized spacial score (nSPS) is 11.1. The monoisotopic (exact) mass is 274 g/mol. The van der Waals surface area contributed by atoms with E-state index in [0.717, 1.165) is 35.2 Å². The van der Waals surface area contributed by atoms with Crippen LogP contribution in [0, 0.1) is 0 Å². The Morgan fingerprint density at radius 1 is 1.12 bits per heavy atom. The molecule has 1 rings (SSSR count). The van der Waals surface area contributed by atoms with Gasteiger partial charge in [-0.2, -0.15) is 0 Å². The maximum atomic E-state index is 6.08. The van der Waals surface area contributed by atoms with Crippen LogP contribution in [0.2, 0.25) is 10.0 Å². The average molecular weight is 275 g/mol. The summed E-state index contributed by atoms with van der Waals surface area (Å²) in [4.78, 5) is 2.20. The Morgan fingerprint density at radius 3 is 2.35 bits per heavy atom. The molecule has 1 aromatic rings. The number of nitrogens with zero attached hydrogens (tertiary/aromatic N) is 1. The summed E-state index contributed by atoms with van der Waals surface area (Å²) in [7, 11) is 4.19. The fourth-order valence-corrected chi connectivity index (χ4v) is 2.12. The lowest BCUT2D eigenvalue weighted by Gasteiger charge is -2.10. The predicted molar refractivity (Wildman–Crippen MR) is 76.0 cm³/mol. The van der Waals surface area contributed by atoms with Crippen LogP contribution in [0.3, 0.4) is 0 Å².